The van der Waals surface area contributed by atoms with Crippen molar-refractivity contribution in [2.24, 2.45) is 0 Å². The summed E-state index contributed by atoms with van der Waals surface area (Å²) >= 11 is 0. The number of non-ortho nitro benzene ring substituents is 1. The molecule has 0 radical (unpaired) electrons. The Morgan fingerprint density at radius 1 is 1.18 bits per heavy atom. The van der Waals surface area contributed by atoms with Crippen molar-refractivity contribution in [1.29, 1.82) is 0 Å². The van der Waals surface area contributed by atoms with Gasteiger partial charge in [-0.1, -0.05) is 12.1 Å². The number of rotatable bonds is 8. The maximum atomic E-state index is 13.6. The van der Waals surface area contributed by atoms with Gasteiger partial charge in [0.2, 0.25) is 0 Å². The van der Waals surface area contributed by atoms with Gasteiger partial charge in [-0.3, -0.25) is 19.7 Å². The Kier molecular flexibility index (Phi) is 7.02. The van der Waals surface area contributed by atoms with Gasteiger partial charge in [0, 0.05) is 12.1 Å². The lowest BCUT2D eigenvalue weighted by Crippen LogP contribution is -2.22. The molecule has 0 heterocycles. The molecule has 0 atom stereocenters. The summed E-state index contributed by atoms with van der Waals surface area (Å²) in [4.78, 5) is 33.5. The number of anilines is 1. The second-order valence-corrected chi connectivity index (χ2v) is 6.00. The first kappa shape index (κ1) is 20.8. The summed E-state index contributed by atoms with van der Waals surface area (Å²) in [5.41, 5.74) is 1.20. The molecular formula is C19H19FN2O6. The van der Waals surface area contributed by atoms with Gasteiger partial charge in [-0.2, -0.15) is 0 Å². The van der Waals surface area contributed by atoms with E-state index in [1.165, 1.54) is 0 Å². The zero-order chi connectivity index (χ0) is 20.7. The number of carbonyl (C=O) groups excluding carboxylic acids is 2. The number of carbonyl (C=O) groups is 2. The first-order chi connectivity index (χ1) is 13.3. The molecule has 148 valence electrons. The minimum Gasteiger partial charge on any atom is -0.493 e. The van der Waals surface area contributed by atoms with Crippen molar-refractivity contribution in [2.45, 2.75) is 20.3 Å². The van der Waals surface area contributed by atoms with Gasteiger partial charge in [0.05, 0.1) is 23.6 Å². The first-order valence-corrected chi connectivity index (χ1v) is 8.35. The maximum absolute atomic E-state index is 13.6. The Bertz CT molecular complexity index is 900. The van der Waals surface area contributed by atoms with Crippen molar-refractivity contribution in [3.05, 3.63) is 63.5 Å². The van der Waals surface area contributed by atoms with Crippen LogP contribution in [-0.2, 0) is 14.3 Å². The summed E-state index contributed by atoms with van der Waals surface area (Å²) in [6.45, 7) is 3.22. The van der Waals surface area contributed by atoms with Gasteiger partial charge in [-0.15, -0.1) is 0 Å². The van der Waals surface area contributed by atoms with Crippen LogP contribution in [0.15, 0.2) is 36.4 Å². The van der Waals surface area contributed by atoms with E-state index in [1.54, 1.807) is 0 Å². The number of benzene rings is 2. The van der Waals surface area contributed by atoms with Crippen LogP contribution in [0.5, 0.6) is 5.75 Å². The van der Waals surface area contributed by atoms with Crippen LogP contribution in [0.3, 0.4) is 0 Å². The highest BCUT2D eigenvalue weighted by Crippen LogP contribution is 2.21. The number of nitro groups is 1. The number of ether oxygens (including phenoxy) is 2. The number of nitrogens with zero attached hydrogens (tertiary/aromatic N) is 1. The predicted octanol–water partition coefficient (Wildman–Crippen LogP) is 3.30. The molecule has 2 rings (SSSR count). The number of esters is 1. The van der Waals surface area contributed by atoms with Crippen LogP contribution >= 0.6 is 0 Å². The molecule has 0 aromatic heterocycles. The van der Waals surface area contributed by atoms with E-state index in [4.69, 9.17) is 9.47 Å². The number of nitrogens with one attached hydrogen (secondary N) is 1. The van der Waals surface area contributed by atoms with E-state index in [1.807, 2.05) is 32.0 Å². The van der Waals surface area contributed by atoms with E-state index >= 15 is 0 Å². The number of nitro benzene ring substituents is 1. The zero-order valence-corrected chi connectivity index (χ0v) is 15.4. The van der Waals surface area contributed by atoms with E-state index < -0.39 is 29.2 Å². The van der Waals surface area contributed by atoms with Crippen molar-refractivity contribution < 1.29 is 28.4 Å². The molecule has 0 fully saturated rings. The number of hydrogen-bond donors (Lipinski definition) is 1. The Hall–Kier alpha value is -3.49. The van der Waals surface area contributed by atoms with Gasteiger partial charge < -0.3 is 14.8 Å². The lowest BCUT2D eigenvalue weighted by Gasteiger charge is -2.10. The Morgan fingerprint density at radius 3 is 2.64 bits per heavy atom. The summed E-state index contributed by atoms with van der Waals surface area (Å²) < 4.78 is 23.9. The summed E-state index contributed by atoms with van der Waals surface area (Å²) in [6.07, 6.45) is -0.0775. The summed E-state index contributed by atoms with van der Waals surface area (Å²) in [5, 5.41) is 12.8. The van der Waals surface area contributed by atoms with Gasteiger partial charge in [0.1, 0.15) is 11.6 Å². The van der Waals surface area contributed by atoms with Crippen molar-refractivity contribution >= 4 is 23.3 Å². The van der Waals surface area contributed by atoms with Gasteiger partial charge in [-0.25, -0.2) is 4.39 Å². The lowest BCUT2D eigenvalue weighted by atomic mass is 10.1. The molecule has 2 aromatic carbocycles. The van der Waals surface area contributed by atoms with E-state index in [-0.39, 0.29) is 24.4 Å². The highest BCUT2D eigenvalue weighted by molar-refractivity contribution is 5.93. The molecule has 0 aliphatic carbocycles. The van der Waals surface area contributed by atoms with Crippen molar-refractivity contribution in [3.8, 4) is 5.75 Å². The van der Waals surface area contributed by atoms with E-state index in [2.05, 4.69) is 5.32 Å². The van der Waals surface area contributed by atoms with Crippen LogP contribution in [-0.4, -0.2) is 30.0 Å². The van der Waals surface area contributed by atoms with E-state index in [0.29, 0.717) is 5.75 Å². The highest BCUT2D eigenvalue weighted by Gasteiger charge is 2.14. The highest BCUT2D eigenvalue weighted by atomic mass is 19.1. The van der Waals surface area contributed by atoms with Gasteiger partial charge in [-0.05, 0) is 37.1 Å². The third kappa shape index (κ3) is 6.04. The standard InChI is InChI=1S/C19H19FN2O6/c1-12-3-4-13(2)17(9-12)27-8-7-19(24)28-11-18(23)21-16-10-14(22(25)26)5-6-15(16)20/h3-6,9-10H,7-8,11H2,1-2H3,(H,21,23). The van der Waals surface area contributed by atoms with Gasteiger partial charge >= 0.3 is 5.97 Å². The smallest absolute Gasteiger partial charge is 0.309 e. The molecule has 2 aromatic rings. The SMILES string of the molecule is Cc1ccc(C)c(OCCC(=O)OCC(=O)Nc2cc([N+](=O)[O-])ccc2F)c1. The monoisotopic (exact) mass is 390 g/mol. The lowest BCUT2D eigenvalue weighted by molar-refractivity contribution is -0.384. The van der Waals surface area contributed by atoms with Crippen LogP contribution in [0.1, 0.15) is 17.5 Å². The molecule has 0 saturated carbocycles. The van der Waals surface area contributed by atoms with Gasteiger partial charge in [0.15, 0.2) is 6.61 Å². The van der Waals surface area contributed by atoms with Crippen molar-refractivity contribution in [1.82, 2.24) is 0 Å². The maximum Gasteiger partial charge on any atom is 0.309 e. The predicted molar refractivity (Wildman–Crippen MR) is 98.7 cm³/mol. The fourth-order valence-electron chi connectivity index (χ4n) is 2.23. The topological polar surface area (TPSA) is 108 Å². The molecule has 0 aliphatic rings. The second-order valence-electron chi connectivity index (χ2n) is 6.00. The Morgan fingerprint density at radius 2 is 1.93 bits per heavy atom. The van der Waals surface area contributed by atoms with Crippen LogP contribution in [0, 0.1) is 29.8 Å². The van der Waals surface area contributed by atoms with E-state index in [9.17, 15) is 24.1 Å². The molecule has 8 nitrogen and oxygen atoms in total. The Labute approximate surface area is 160 Å². The summed E-state index contributed by atoms with van der Waals surface area (Å²) in [5.74, 6) is -1.66. The van der Waals surface area contributed by atoms with Crippen molar-refractivity contribution in [2.75, 3.05) is 18.5 Å². The molecule has 0 saturated heterocycles. The fraction of sp³-hybridized carbons (Fsp3) is 0.263. The minimum atomic E-state index is -0.841. The summed E-state index contributed by atoms with van der Waals surface area (Å²) in [6, 6.07) is 8.42. The van der Waals surface area contributed by atoms with Crippen molar-refractivity contribution in [3.63, 3.8) is 0 Å². The number of amides is 1. The molecule has 0 unspecified atom stereocenters. The number of aryl methyl sites for hydroxylation is 2. The Balaban J connectivity index is 1.78. The van der Waals surface area contributed by atoms with Crippen LogP contribution in [0.4, 0.5) is 15.8 Å². The van der Waals surface area contributed by atoms with Crippen LogP contribution in [0.2, 0.25) is 0 Å². The first-order valence-electron chi connectivity index (χ1n) is 8.35. The van der Waals surface area contributed by atoms with Gasteiger partial charge in [0.25, 0.3) is 11.6 Å². The molecular weight excluding hydrogens is 371 g/mol. The fourth-order valence-corrected chi connectivity index (χ4v) is 2.23. The molecule has 28 heavy (non-hydrogen) atoms. The molecule has 1 amide bonds. The number of halogens is 1. The largest absolute Gasteiger partial charge is 0.493 e. The molecule has 0 spiro atoms. The molecule has 0 bridgehead atoms. The molecule has 0 aliphatic heterocycles. The molecule has 9 heteroatoms. The normalized spacial score (nSPS) is 10.2. The van der Waals surface area contributed by atoms with E-state index in [0.717, 1.165) is 29.3 Å². The average molecular weight is 390 g/mol. The second kappa shape index (κ2) is 9.45. The zero-order valence-electron chi connectivity index (χ0n) is 15.4. The third-order valence-electron chi connectivity index (χ3n) is 3.71. The third-order valence-corrected chi connectivity index (χ3v) is 3.71. The summed E-state index contributed by atoms with van der Waals surface area (Å²) in [7, 11) is 0. The minimum absolute atomic E-state index is 0.0737. The van der Waals surface area contributed by atoms with Crippen LogP contribution < -0.4 is 10.1 Å². The van der Waals surface area contributed by atoms with Crippen LogP contribution in [0.25, 0.3) is 0 Å². The quantitative estimate of drug-likeness (QED) is 0.421. The molecule has 1 N–H and O–H groups in total. The average Bonchev–Trinajstić information content (AvgIpc) is 2.64. The number of hydrogen-bond acceptors (Lipinski definition) is 6.